The zero-order valence-electron chi connectivity index (χ0n) is 6.59. The summed E-state index contributed by atoms with van der Waals surface area (Å²) in [6.45, 7) is 0. The molecule has 1 nitrogen and oxygen atoms in total. The van der Waals surface area contributed by atoms with Crippen LogP contribution in [0.4, 0.5) is 0 Å². The summed E-state index contributed by atoms with van der Waals surface area (Å²) in [6.07, 6.45) is 0. The Morgan fingerprint density at radius 3 is 2.23 bits per heavy atom. The first-order valence-corrected chi connectivity index (χ1v) is 4.51. The molecule has 13 heavy (non-hydrogen) atoms. The minimum absolute atomic E-state index is 0.0849. The van der Waals surface area contributed by atoms with Gasteiger partial charge in [-0.3, -0.25) is 0 Å². The molecule has 0 saturated heterocycles. The van der Waals surface area contributed by atoms with E-state index in [-0.39, 0.29) is 10.8 Å². The van der Waals surface area contributed by atoms with Crippen LogP contribution < -0.4 is 0 Å². The van der Waals surface area contributed by atoms with Crippen LogP contribution in [0.15, 0.2) is 30.3 Å². The third-order valence-corrected chi connectivity index (χ3v) is 2.52. The fourth-order valence-electron chi connectivity index (χ4n) is 1.28. The molecule has 1 N–H and O–H groups in total. The van der Waals surface area contributed by atoms with Crippen LogP contribution in [0.3, 0.4) is 0 Å². The second kappa shape index (κ2) is 3.09. The van der Waals surface area contributed by atoms with Gasteiger partial charge in [-0.1, -0.05) is 47.5 Å². The largest absolute Gasteiger partial charge is 0.506 e. The molecular formula is C10H6Cl2O. The van der Waals surface area contributed by atoms with Gasteiger partial charge in [0.2, 0.25) is 0 Å². The van der Waals surface area contributed by atoms with Crippen LogP contribution in [0.2, 0.25) is 10.0 Å². The minimum Gasteiger partial charge on any atom is -0.506 e. The SMILES string of the molecule is Oc1c(Cl)cc(Cl)c2ccccc12. The van der Waals surface area contributed by atoms with E-state index in [9.17, 15) is 5.11 Å². The van der Waals surface area contributed by atoms with E-state index in [1.54, 1.807) is 12.1 Å². The Kier molecular flexibility index (Phi) is 2.06. The van der Waals surface area contributed by atoms with Gasteiger partial charge in [-0.15, -0.1) is 0 Å². The molecule has 0 aliphatic carbocycles. The monoisotopic (exact) mass is 212 g/mol. The van der Waals surface area contributed by atoms with Crippen molar-refractivity contribution in [3.05, 3.63) is 40.4 Å². The van der Waals surface area contributed by atoms with Crippen molar-refractivity contribution in [2.75, 3.05) is 0 Å². The van der Waals surface area contributed by atoms with Crippen LogP contribution in [-0.2, 0) is 0 Å². The Morgan fingerprint density at radius 1 is 0.923 bits per heavy atom. The Bertz CT molecular complexity index is 466. The van der Waals surface area contributed by atoms with Crippen molar-refractivity contribution in [1.82, 2.24) is 0 Å². The van der Waals surface area contributed by atoms with Gasteiger partial charge in [0.05, 0.1) is 10.0 Å². The summed E-state index contributed by atoms with van der Waals surface area (Å²) in [5.74, 6) is 0.0849. The van der Waals surface area contributed by atoms with Gasteiger partial charge in [0.15, 0.2) is 0 Å². The molecule has 0 spiro atoms. The molecular weight excluding hydrogens is 207 g/mol. The molecule has 0 unspecified atom stereocenters. The van der Waals surface area contributed by atoms with Crippen molar-refractivity contribution in [2.24, 2.45) is 0 Å². The van der Waals surface area contributed by atoms with Gasteiger partial charge >= 0.3 is 0 Å². The highest BCUT2D eigenvalue weighted by Crippen LogP contribution is 2.36. The van der Waals surface area contributed by atoms with Crippen LogP contribution in [-0.4, -0.2) is 5.11 Å². The number of hydrogen-bond donors (Lipinski definition) is 1. The molecule has 0 atom stereocenters. The van der Waals surface area contributed by atoms with Gasteiger partial charge in [0, 0.05) is 10.8 Å². The maximum Gasteiger partial charge on any atom is 0.142 e. The molecule has 0 fully saturated rings. The fraction of sp³-hybridized carbons (Fsp3) is 0. The van der Waals surface area contributed by atoms with Gasteiger partial charge < -0.3 is 5.11 Å². The average molecular weight is 213 g/mol. The van der Waals surface area contributed by atoms with Crippen molar-refractivity contribution in [3.8, 4) is 5.75 Å². The molecule has 0 aliphatic rings. The van der Waals surface area contributed by atoms with E-state index in [2.05, 4.69) is 0 Å². The van der Waals surface area contributed by atoms with E-state index in [1.165, 1.54) is 0 Å². The first kappa shape index (κ1) is 8.67. The van der Waals surface area contributed by atoms with E-state index in [4.69, 9.17) is 23.2 Å². The van der Waals surface area contributed by atoms with Crippen LogP contribution in [0.1, 0.15) is 0 Å². The number of phenols is 1. The van der Waals surface area contributed by atoms with Crippen molar-refractivity contribution < 1.29 is 5.11 Å². The van der Waals surface area contributed by atoms with Crippen molar-refractivity contribution >= 4 is 34.0 Å². The van der Waals surface area contributed by atoms with Gasteiger partial charge in [0.25, 0.3) is 0 Å². The Labute approximate surface area is 85.5 Å². The number of hydrogen-bond acceptors (Lipinski definition) is 1. The second-order valence-corrected chi connectivity index (χ2v) is 3.55. The highest BCUT2D eigenvalue weighted by molar-refractivity contribution is 6.39. The van der Waals surface area contributed by atoms with Crippen molar-refractivity contribution in [2.45, 2.75) is 0 Å². The lowest BCUT2D eigenvalue weighted by Gasteiger charge is -2.04. The summed E-state index contributed by atoms with van der Waals surface area (Å²) < 4.78 is 0. The number of aromatic hydroxyl groups is 1. The molecule has 0 radical (unpaired) electrons. The summed E-state index contributed by atoms with van der Waals surface area (Å²) in [6, 6.07) is 8.85. The molecule has 2 rings (SSSR count). The predicted octanol–water partition coefficient (Wildman–Crippen LogP) is 3.85. The zero-order chi connectivity index (χ0) is 9.42. The van der Waals surface area contributed by atoms with Crippen molar-refractivity contribution in [1.29, 1.82) is 0 Å². The third kappa shape index (κ3) is 1.34. The van der Waals surface area contributed by atoms with E-state index < -0.39 is 0 Å². The molecule has 2 aromatic rings. The van der Waals surface area contributed by atoms with Crippen LogP contribution in [0.25, 0.3) is 10.8 Å². The zero-order valence-corrected chi connectivity index (χ0v) is 8.10. The first-order chi connectivity index (χ1) is 6.20. The summed E-state index contributed by atoms with van der Waals surface area (Å²) in [7, 11) is 0. The van der Waals surface area contributed by atoms with E-state index in [0.29, 0.717) is 10.4 Å². The molecule has 2 aromatic carbocycles. The first-order valence-electron chi connectivity index (χ1n) is 3.76. The molecule has 0 saturated carbocycles. The normalized spacial score (nSPS) is 10.6. The Morgan fingerprint density at radius 2 is 1.54 bits per heavy atom. The predicted molar refractivity (Wildman–Crippen MR) is 55.6 cm³/mol. The number of phenolic OH excluding ortho intramolecular Hbond substituents is 1. The van der Waals surface area contributed by atoms with Crippen LogP contribution in [0.5, 0.6) is 5.75 Å². The minimum atomic E-state index is 0.0849. The summed E-state index contributed by atoms with van der Waals surface area (Å²) in [5, 5.41) is 11.9. The fourth-order valence-corrected chi connectivity index (χ4v) is 1.82. The molecule has 3 heteroatoms. The molecule has 0 aromatic heterocycles. The quantitative estimate of drug-likeness (QED) is 0.704. The lowest BCUT2D eigenvalue weighted by atomic mass is 10.1. The lowest BCUT2D eigenvalue weighted by molar-refractivity contribution is 0.482. The molecule has 0 bridgehead atoms. The number of halogens is 2. The number of benzene rings is 2. The highest BCUT2D eigenvalue weighted by Gasteiger charge is 2.07. The average Bonchev–Trinajstić information content (AvgIpc) is 2.15. The summed E-state index contributed by atoms with van der Waals surface area (Å²) in [5.41, 5.74) is 0. The third-order valence-electron chi connectivity index (χ3n) is 1.92. The maximum atomic E-state index is 9.59. The van der Waals surface area contributed by atoms with E-state index in [0.717, 1.165) is 5.39 Å². The van der Waals surface area contributed by atoms with Gasteiger partial charge in [-0.2, -0.15) is 0 Å². The summed E-state index contributed by atoms with van der Waals surface area (Å²) in [4.78, 5) is 0. The standard InChI is InChI=1S/C10H6Cl2O/c11-8-5-9(12)10(13)7-4-2-1-3-6(7)8/h1-5,13H. The van der Waals surface area contributed by atoms with Gasteiger partial charge in [-0.05, 0) is 6.07 Å². The number of fused-ring (bicyclic) bond motifs is 1. The maximum absolute atomic E-state index is 9.59. The molecule has 0 aliphatic heterocycles. The van der Waals surface area contributed by atoms with Gasteiger partial charge in [-0.25, -0.2) is 0 Å². The topological polar surface area (TPSA) is 20.2 Å². The highest BCUT2D eigenvalue weighted by atomic mass is 35.5. The van der Waals surface area contributed by atoms with Crippen LogP contribution in [0, 0.1) is 0 Å². The van der Waals surface area contributed by atoms with Crippen LogP contribution >= 0.6 is 23.2 Å². The molecule has 0 heterocycles. The molecule has 0 amide bonds. The second-order valence-electron chi connectivity index (χ2n) is 2.73. The van der Waals surface area contributed by atoms with Gasteiger partial charge in [0.1, 0.15) is 5.75 Å². The van der Waals surface area contributed by atoms with Crippen molar-refractivity contribution in [3.63, 3.8) is 0 Å². The number of rotatable bonds is 0. The Hall–Kier alpha value is -0.920. The Balaban J connectivity index is 2.97. The lowest BCUT2D eigenvalue weighted by Crippen LogP contribution is -1.76. The van der Waals surface area contributed by atoms with E-state index in [1.807, 2.05) is 18.2 Å². The van der Waals surface area contributed by atoms with E-state index >= 15 is 0 Å². The molecule has 66 valence electrons. The smallest absolute Gasteiger partial charge is 0.142 e. The summed E-state index contributed by atoms with van der Waals surface area (Å²) >= 11 is 11.7.